The van der Waals surface area contributed by atoms with Gasteiger partial charge in [0.05, 0.1) is 11.9 Å². The van der Waals surface area contributed by atoms with Crippen LogP contribution >= 0.6 is 0 Å². The molecule has 0 spiro atoms. The fourth-order valence-electron chi connectivity index (χ4n) is 1.20. The summed E-state index contributed by atoms with van der Waals surface area (Å²) >= 11 is 0. The van der Waals surface area contributed by atoms with Crippen molar-refractivity contribution in [1.82, 2.24) is 15.2 Å². The maximum absolute atomic E-state index is 12.7. The van der Waals surface area contributed by atoms with Gasteiger partial charge >= 0.3 is 0 Å². The zero-order chi connectivity index (χ0) is 8.55. The Bertz CT molecular complexity index is 408. The molecular formula is C8H8FN3. The minimum absolute atomic E-state index is 0.321. The van der Waals surface area contributed by atoms with E-state index in [1.807, 2.05) is 6.92 Å². The Labute approximate surface area is 68.6 Å². The molecule has 0 bridgehead atoms. The number of aryl methyl sites for hydroxylation is 1. The first kappa shape index (κ1) is 7.21. The minimum Gasteiger partial charge on any atom is -0.261 e. The number of fused-ring (bicyclic) bond motifs is 1. The van der Waals surface area contributed by atoms with Crippen molar-refractivity contribution in [1.29, 1.82) is 0 Å². The van der Waals surface area contributed by atoms with Crippen LogP contribution in [-0.4, -0.2) is 15.2 Å². The molecule has 2 aromatic heterocycles. The monoisotopic (exact) mass is 165 g/mol. The molecular weight excluding hydrogens is 157 g/mol. The molecule has 0 aliphatic heterocycles. The summed E-state index contributed by atoms with van der Waals surface area (Å²) in [5, 5.41) is 7.51. The van der Waals surface area contributed by atoms with Gasteiger partial charge in [-0.15, -0.1) is 0 Å². The number of nitrogens with one attached hydrogen (secondary N) is 1. The van der Waals surface area contributed by atoms with Gasteiger partial charge in [-0.2, -0.15) is 5.10 Å². The zero-order valence-electron chi connectivity index (χ0n) is 6.63. The Balaban J connectivity index is 2.75. The maximum Gasteiger partial charge on any atom is 0.155 e. The third-order valence-electron chi connectivity index (χ3n) is 1.80. The van der Waals surface area contributed by atoms with Crippen LogP contribution in [0.4, 0.5) is 4.39 Å². The molecule has 4 heteroatoms. The van der Waals surface area contributed by atoms with Gasteiger partial charge in [-0.1, -0.05) is 6.92 Å². The molecule has 0 radical (unpaired) electrons. The van der Waals surface area contributed by atoms with Crippen LogP contribution in [0.2, 0.25) is 0 Å². The van der Waals surface area contributed by atoms with Gasteiger partial charge in [0.1, 0.15) is 5.82 Å². The summed E-state index contributed by atoms with van der Waals surface area (Å²) in [6.07, 6.45) is 1.96. The van der Waals surface area contributed by atoms with E-state index < -0.39 is 0 Å². The van der Waals surface area contributed by atoms with Crippen molar-refractivity contribution in [3.63, 3.8) is 0 Å². The van der Waals surface area contributed by atoms with E-state index in [-0.39, 0.29) is 5.82 Å². The van der Waals surface area contributed by atoms with Gasteiger partial charge in [-0.25, -0.2) is 9.37 Å². The number of halogens is 1. The summed E-state index contributed by atoms with van der Waals surface area (Å²) in [6, 6.07) is 1.45. The summed E-state index contributed by atoms with van der Waals surface area (Å²) in [4.78, 5) is 3.86. The summed E-state index contributed by atoms with van der Waals surface area (Å²) < 4.78 is 12.7. The van der Waals surface area contributed by atoms with Gasteiger partial charge in [0.15, 0.2) is 5.65 Å². The van der Waals surface area contributed by atoms with Crippen molar-refractivity contribution in [3.05, 3.63) is 23.8 Å². The molecule has 0 saturated carbocycles. The van der Waals surface area contributed by atoms with Crippen molar-refractivity contribution in [2.75, 3.05) is 0 Å². The predicted molar refractivity (Wildman–Crippen MR) is 43.2 cm³/mol. The van der Waals surface area contributed by atoms with Gasteiger partial charge in [-0.05, 0) is 12.5 Å². The van der Waals surface area contributed by atoms with Gasteiger partial charge in [0.2, 0.25) is 0 Å². The van der Waals surface area contributed by atoms with E-state index in [4.69, 9.17) is 0 Å². The molecule has 0 unspecified atom stereocenters. The smallest absolute Gasteiger partial charge is 0.155 e. The van der Waals surface area contributed by atoms with Crippen molar-refractivity contribution in [2.45, 2.75) is 13.3 Å². The third-order valence-corrected chi connectivity index (χ3v) is 1.80. The number of aromatic nitrogens is 3. The predicted octanol–water partition coefficient (Wildman–Crippen LogP) is 1.66. The Hall–Kier alpha value is -1.45. The number of nitrogens with zero attached hydrogens (tertiary/aromatic N) is 2. The average Bonchev–Trinajstić information content (AvgIpc) is 2.46. The third kappa shape index (κ3) is 0.958. The number of aromatic amines is 1. The number of rotatable bonds is 1. The molecule has 0 atom stereocenters. The van der Waals surface area contributed by atoms with Crippen LogP contribution in [0.15, 0.2) is 12.3 Å². The molecule has 2 rings (SSSR count). The van der Waals surface area contributed by atoms with Gasteiger partial charge in [0.25, 0.3) is 0 Å². The molecule has 0 aliphatic carbocycles. The lowest BCUT2D eigenvalue weighted by Gasteiger charge is -1.90. The first-order valence-electron chi connectivity index (χ1n) is 3.79. The molecule has 3 nitrogen and oxygen atoms in total. The standard InChI is InChI=1S/C8H8FN3/c1-2-7-6-3-5(9)4-10-8(6)12-11-7/h3-4H,2H2,1H3,(H,10,11,12). The molecule has 1 N–H and O–H groups in total. The van der Waals surface area contributed by atoms with Crippen molar-refractivity contribution in [3.8, 4) is 0 Å². The molecule has 0 aromatic carbocycles. The van der Waals surface area contributed by atoms with Crippen LogP contribution in [0.5, 0.6) is 0 Å². The highest BCUT2D eigenvalue weighted by molar-refractivity contribution is 5.77. The van der Waals surface area contributed by atoms with Crippen LogP contribution in [-0.2, 0) is 6.42 Å². The first-order chi connectivity index (χ1) is 5.81. The van der Waals surface area contributed by atoms with Gasteiger partial charge < -0.3 is 0 Å². The second-order valence-electron chi connectivity index (χ2n) is 2.57. The number of pyridine rings is 1. The molecule has 0 saturated heterocycles. The van der Waals surface area contributed by atoms with E-state index in [0.717, 1.165) is 17.5 Å². The van der Waals surface area contributed by atoms with E-state index >= 15 is 0 Å². The minimum atomic E-state index is -0.321. The Morgan fingerprint density at radius 2 is 2.42 bits per heavy atom. The maximum atomic E-state index is 12.7. The van der Waals surface area contributed by atoms with Crippen LogP contribution in [0.3, 0.4) is 0 Å². The van der Waals surface area contributed by atoms with Crippen LogP contribution in [0.25, 0.3) is 11.0 Å². The van der Waals surface area contributed by atoms with Crippen LogP contribution in [0, 0.1) is 5.82 Å². The highest BCUT2D eigenvalue weighted by atomic mass is 19.1. The van der Waals surface area contributed by atoms with E-state index in [1.54, 1.807) is 0 Å². The van der Waals surface area contributed by atoms with Crippen molar-refractivity contribution in [2.24, 2.45) is 0 Å². The topological polar surface area (TPSA) is 41.6 Å². The van der Waals surface area contributed by atoms with Crippen LogP contribution < -0.4 is 0 Å². The Morgan fingerprint density at radius 1 is 1.58 bits per heavy atom. The quantitative estimate of drug-likeness (QED) is 0.698. The molecule has 2 heterocycles. The lowest BCUT2D eigenvalue weighted by Crippen LogP contribution is -1.81. The number of hydrogen-bond donors (Lipinski definition) is 1. The van der Waals surface area contributed by atoms with E-state index in [9.17, 15) is 4.39 Å². The molecule has 0 fully saturated rings. The second kappa shape index (κ2) is 2.55. The highest BCUT2D eigenvalue weighted by Gasteiger charge is 2.04. The fraction of sp³-hybridized carbons (Fsp3) is 0.250. The SMILES string of the molecule is CCc1n[nH]c2ncc(F)cc12. The molecule has 2 aromatic rings. The van der Waals surface area contributed by atoms with Gasteiger partial charge in [0, 0.05) is 5.39 Å². The zero-order valence-corrected chi connectivity index (χ0v) is 6.63. The fourth-order valence-corrected chi connectivity index (χ4v) is 1.20. The lowest BCUT2D eigenvalue weighted by molar-refractivity contribution is 0.624. The van der Waals surface area contributed by atoms with Gasteiger partial charge in [-0.3, -0.25) is 5.10 Å². The van der Waals surface area contributed by atoms with E-state index in [0.29, 0.717) is 5.65 Å². The normalized spacial score (nSPS) is 10.8. The molecule has 12 heavy (non-hydrogen) atoms. The van der Waals surface area contributed by atoms with E-state index in [1.165, 1.54) is 12.3 Å². The molecule has 62 valence electrons. The van der Waals surface area contributed by atoms with Crippen molar-refractivity contribution >= 4 is 11.0 Å². The number of hydrogen-bond acceptors (Lipinski definition) is 2. The van der Waals surface area contributed by atoms with Crippen LogP contribution in [0.1, 0.15) is 12.6 Å². The molecule has 0 amide bonds. The van der Waals surface area contributed by atoms with E-state index in [2.05, 4.69) is 15.2 Å². The summed E-state index contributed by atoms with van der Waals surface area (Å²) in [7, 11) is 0. The first-order valence-corrected chi connectivity index (χ1v) is 3.79. The molecule has 0 aliphatic rings. The Morgan fingerprint density at radius 3 is 3.17 bits per heavy atom. The second-order valence-corrected chi connectivity index (χ2v) is 2.57. The highest BCUT2D eigenvalue weighted by Crippen LogP contribution is 2.14. The Kier molecular flexibility index (Phi) is 1.53. The largest absolute Gasteiger partial charge is 0.261 e. The summed E-state index contributed by atoms with van der Waals surface area (Å²) in [5.41, 5.74) is 1.50. The van der Waals surface area contributed by atoms with Crippen molar-refractivity contribution < 1.29 is 4.39 Å². The lowest BCUT2D eigenvalue weighted by atomic mass is 10.2. The number of H-pyrrole nitrogens is 1. The average molecular weight is 165 g/mol. The summed E-state index contributed by atoms with van der Waals surface area (Å²) in [6.45, 7) is 1.97. The summed E-state index contributed by atoms with van der Waals surface area (Å²) in [5.74, 6) is -0.321.